The lowest BCUT2D eigenvalue weighted by atomic mass is 10.1. The molecule has 11 heteroatoms. The first-order valence-electron chi connectivity index (χ1n) is 13.5. The Hall–Kier alpha value is -2.92. The van der Waals surface area contributed by atoms with Crippen molar-refractivity contribution in [1.82, 2.24) is 23.9 Å². The fraction of sp³-hybridized carbons (Fsp3) is 0.593. The normalized spacial score (nSPS) is 20.6. The van der Waals surface area contributed by atoms with Crippen LogP contribution in [0.5, 0.6) is 0 Å². The van der Waals surface area contributed by atoms with Gasteiger partial charge in [-0.1, -0.05) is 12.1 Å². The standard InChI is InChI=1S/C27H38N6O4S/c1-19-7-5-9-23(21(19)3)29-11-13-30(14-12-29)25(34)18-33-24-10-6-8-22(24)26(28-33)27(35)32-16-15-31(17-20(32)2)38(4,36)37/h5,7,9,20H,6,8,10-18H2,1-4H3/t20-/m0/s1. The summed E-state index contributed by atoms with van der Waals surface area (Å²) in [7, 11) is -3.30. The van der Waals surface area contributed by atoms with E-state index in [-0.39, 0.29) is 37.5 Å². The zero-order valence-corrected chi connectivity index (χ0v) is 23.6. The number of nitrogens with zero attached hydrogens (tertiary/aromatic N) is 6. The predicted octanol–water partition coefficient (Wildman–Crippen LogP) is 1.44. The number of amides is 2. The van der Waals surface area contributed by atoms with Crippen LogP contribution in [0.25, 0.3) is 0 Å². The van der Waals surface area contributed by atoms with Crippen LogP contribution in [0, 0.1) is 13.8 Å². The first kappa shape index (κ1) is 26.7. The van der Waals surface area contributed by atoms with Gasteiger partial charge < -0.3 is 14.7 Å². The molecule has 0 bridgehead atoms. The quantitative estimate of drug-likeness (QED) is 0.567. The third-order valence-electron chi connectivity index (χ3n) is 8.36. The molecule has 2 aromatic rings. The molecule has 10 nitrogen and oxygen atoms in total. The number of carbonyl (C=O) groups excluding carboxylic acids is 2. The molecule has 2 amide bonds. The summed E-state index contributed by atoms with van der Waals surface area (Å²) in [5, 5.41) is 4.66. The number of rotatable bonds is 5. The molecule has 3 heterocycles. The van der Waals surface area contributed by atoms with E-state index >= 15 is 0 Å². The SMILES string of the molecule is Cc1cccc(N2CCN(C(=O)Cn3nc(C(=O)N4CCN(S(C)(=O)=O)C[C@@H]4C)c4c3CCC4)CC2)c1C. The molecule has 0 saturated carbocycles. The second kappa shape index (κ2) is 10.3. The zero-order valence-electron chi connectivity index (χ0n) is 22.8. The Labute approximate surface area is 225 Å². The number of benzene rings is 1. The maximum atomic E-state index is 13.5. The van der Waals surface area contributed by atoms with Crippen LogP contribution in [0.1, 0.15) is 46.2 Å². The number of piperazine rings is 2. The third kappa shape index (κ3) is 5.05. The van der Waals surface area contributed by atoms with Crippen molar-refractivity contribution in [2.45, 2.75) is 52.6 Å². The summed E-state index contributed by atoms with van der Waals surface area (Å²) in [6.07, 6.45) is 3.72. The molecule has 206 valence electrons. The van der Waals surface area contributed by atoms with Gasteiger partial charge in [0, 0.05) is 68.8 Å². The summed E-state index contributed by atoms with van der Waals surface area (Å²) in [5.74, 6) is -0.144. The monoisotopic (exact) mass is 542 g/mol. The summed E-state index contributed by atoms with van der Waals surface area (Å²) in [4.78, 5) is 32.8. The van der Waals surface area contributed by atoms with Crippen LogP contribution in [0.2, 0.25) is 0 Å². The minimum absolute atomic E-state index is 0.0250. The second-order valence-corrected chi connectivity index (χ2v) is 12.8. The van der Waals surface area contributed by atoms with Gasteiger partial charge in [0.15, 0.2) is 5.69 Å². The minimum Gasteiger partial charge on any atom is -0.368 e. The van der Waals surface area contributed by atoms with Gasteiger partial charge in [-0.3, -0.25) is 14.3 Å². The molecule has 0 N–H and O–H groups in total. The molecule has 1 aromatic carbocycles. The highest BCUT2D eigenvalue weighted by Crippen LogP contribution is 2.28. The van der Waals surface area contributed by atoms with Gasteiger partial charge in [0.25, 0.3) is 5.91 Å². The maximum absolute atomic E-state index is 13.5. The molecule has 1 aliphatic carbocycles. The van der Waals surface area contributed by atoms with Crippen LogP contribution in [-0.4, -0.2) is 102 Å². The highest BCUT2D eigenvalue weighted by atomic mass is 32.2. The smallest absolute Gasteiger partial charge is 0.274 e. The molecule has 1 atom stereocenters. The van der Waals surface area contributed by atoms with Crippen molar-refractivity contribution in [3.8, 4) is 0 Å². The van der Waals surface area contributed by atoms with E-state index in [1.807, 2.05) is 11.8 Å². The molecule has 0 unspecified atom stereocenters. The molecule has 2 fully saturated rings. The van der Waals surface area contributed by atoms with Crippen molar-refractivity contribution < 1.29 is 18.0 Å². The van der Waals surface area contributed by atoms with E-state index in [0.717, 1.165) is 43.6 Å². The summed E-state index contributed by atoms with van der Waals surface area (Å²) in [6.45, 7) is 10.0. The number of anilines is 1. The van der Waals surface area contributed by atoms with Crippen LogP contribution < -0.4 is 4.90 Å². The van der Waals surface area contributed by atoms with Crippen LogP contribution in [-0.2, 0) is 34.2 Å². The minimum atomic E-state index is -3.30. The lowest BCUT2D eigenvalue weighted by molar-refractivity contribution is -0.132. The lowest BCUT2D eigenvalue weighted by Gasteiger charge is -2.38. The Balaban J connectivity index is 1.25. The van der Waals surface area contributed by atoms with Crippen molar-refractivity contribution in [3.05, 3.63) is 46.3 Å². The Morgan fingerprint density at radius 3 is 2.45 bits per heavy atom. The van der Waals surface area contributed by atoms with Crippen LogP contribution >= 0.6 is 0 Å². The second-order valence-electron chi connectivity index (χ2n) is 10.8. The van der Waals surface area contributed by atoms with E-state index in [1.54, 1.807) is 9.58 Å². The fourth-order valence-electron chi connectivity index (χ4n) is 5.98. The van der Waals surface area contributed by atoms with Gasteiger partial charge in [-0.2, -0.15) is 9.40 Å². The number of hydrogen-bond donors (Lipinski definition) is 0. The topological polar surface area (TPSA) is 99.1 Å². The number of carbonyl (C=O) groups is 2. The summed E-state index contributed by atoms with van der Waals surface area (Å²) in [6, 6.07) is 6.10. The molecule has 2 aliphatic heterocycles. The number of sulfonamides is 1. The van der Waals surface area contributed by atoms with Crippen molar-refractivity contribution >= 4 is 27.5 Å². The number of fused-ring (bicyclic) bond motifs is 1. The number of aryl methyl sites for hydroxylation is 1. The summed E-state index contributed by atoms with van der Waals surface area (Å²) < 4.78 is 27.1. The first-order valence-corrected chi connectivity index (χ1v) is 15.3. The van der Waals surface area contributed by atoms with E-state index in [9.17, 15) is 18.0 Å². The molecule has 2 saturated heterocycles. The average Bonchev–Trinajstić information content (AvgIpc) is 3.49. The van der Waals surface area contributed by atoms with Crippen molar-refractivity contribution in [3.63, 3.8) is 0 Å². The van der Waals surface area contributed by atoms with E-state index in [1.165, 1.54) is 27.4 Å². The number of hydrogen-bond acceptors (Lipinski definition) is 6. The van der Waals surface area contributed by atoms with Crippen LogP contribution in [0.3, 0.4) is 0 Å². The van der Waals surface area contributed by atoms with Gasteiger partial charge in [0.1, 0.15) is 6.54 Å². The molecule has 38 heavy (non-hydrogen) atoms. The molecule has 0 radical (unpaired) electrons. The first-order chi connectivity index (χ1) is 18.0. The molecule has 1 aromatic heterocycles. The van der Waals surface area contributed by atoms with Crippen molar-refractivity contribution in [2.24, 2.45) is 0 Å². The predicted molar refractivity (Wildman–Crippen MR) is 146 cm³/mol. The highest BCUT2D eigenvalue weighted by Gasteiger charge is 2.36. The molecule has 3 aliphatic rings. The molecular formula is C27H38N6O4S. The summed E-state index contributed by atoms with van der Waals surface area (Å²) in [5.41, 5.74) is 6.13. The van der Waals surface area contributed by atoms with Gasteiger partial charge in [0.05, 0.1) is 6.26 Å². The van der Waals surface area contributed by atoms with E-state index < -0.39 is 10.0 Å². The molecular weight excluding hydrogens is 504 g/mol. The number of aromatic nitrogens is 2. The Morgan fingerprint density at radius 2 is 1.76 bits per heavy atom. The lowest BCUT2D eigenvalue weighted by Crippen LogP contribution is -2.55. The largest absolute Gasteiger partial charge is 0.368 e. The Bertz CT molecular complexity index is 1350. The van der Waals surface area contributed by atoms with Gasteiger partial charge >= 0.3 is 0 Å². The third-order valence-corrected chi connectivity index (χ3v) is 9.63. The Morgan fingerprint density at radius 1 is 1.03 bits per heavy atom. The Kier molecular flexibility index (Phi) is 7.25. The highest BCUT2D eigenvalue weighted by molar-refractivity contribution is 7.88. The van der Waals surface area contributed by atoms with E-state index in [0.29, 0.717) is 25.3 Å². The van der Waals surface area contributed by atoms with Gasteiger partial charge in [0.2, 0.25) is 15.9 Å². The van der Waals surface area contributed by atoms with Crippen molar-refractivity contribution in [1.29, 1.82) is 0 Å². The van der Waals surface area contributed by atoms with Gasteiger partial charge in [-0.15, -0.1) is 0 Å². The molecule has 5 rings (SSSR count). The zero-order chi connectivity index (χ0) is 27.2. The molecule has 0 spiro atoms. The average molecular weight is 543 g/mol. The van der Waals surface area contributed by atoms with E-state index in [2.05, 4.69) is 42.0 Å². The fourth-order valence-corrected chi connectivity index (χ4v) is 6.88. The van der Waals surface area contributed by atoms with Gasteiger partial charge in [-0.05, 0) is 57.2 Å². The van der Waals surface area contributed by atoms with E-state index in [4.69, 9.17) is 0 Å². The van der Waals surface area contributed by atoms with Crippen molar-refractivity contribution in [2.75, 3.05) is 57.0 Å². The maximum Gasteiger partial charge on any atom is 0.274 e. The van der Waals surface area contributed by atoms with Crippen LogP contribution in [0.15, 0.2) is 18.2 Å². The summed E-state index contributed by atoms with van der Waals surface area (Å²) >= 11 is 0. The van der Waals surface area contributed by atoms with Gasteiger partial charge in [-0.25, -0.2) is 8.42 Å². The van der Waals surface area contributed by atoms with Crippen LogP contribution in [0.4, 0.5) is 5.69 Å².